The first-order chi connectivity index (χ1) is 25.0. The van der Waals surface area contributed by atoms with Gasteiger partial charge in [0.2, 0.25) is 0 Å². The zero-order chi connectivity index (χ0) is 37.3. The second-order valence-electron chi connectivity index (χ2n) is 12.5. The Hall–Kier alpha value is -3.67. The van der Waals surface area contributed by atoms with Crippen molar-refractivity contribution in [3.8, 4) is 0 Å². The van der Waals surface area contributed by atoms with Gasteiger partial charge in [0.05, 0.1) is 0 Å². The quantitative estimate of drug-likeness (QED) is 0.0222. The average Bonchev–Trinajstić information content (AvgIpc) is 3.12. The van der Waals surface area contributed by atoms with Crippen LogP contribution >= 0.6 is 0 Å². The van der Waals surface area contributed by atoms with E-state index in [0.29, 0.717) is 19.3 Å². The van der Waals surface area contributed by atoms with Crippen LogP contribution in [0, 0.1) is 0 Å². The van der Waals surface area contributed by atoms with E-state index in [4.69, 9.17) is 14.2 Å². The van der Waals surface area contributed by atoms with E-state index >= 15 is 0 Å². The Bertz CT molecular complexity index is 1090. The molecule has 286 valence electrons. The highest BCUT2D eigenvalue weighted by molar-refractivity contribution is 5.71. The van der Waals surface area contributed by atoms with Crippen LogP contribution in [0.15, 0.2) is 97.2 Å². The number of unbranched alkanes of at least 4 members (excludes halogenated alkanes) is 10. The smallest absolute Gasteiger partial charge is 0.306 e. The van der Waals surface area contributed by atoms with Crippen LogP contribution in [0.25, 0.3) is 0 Å². The lowest BCUT2D eigenvalue weighted by molar-refractivity contribution is -0.167. The monoisotopic (exact) mass is 707 g/mol. The number of hydrogen-bond donors (Lipinski definition) is 0. The fraction of sp³-hybridized carbons (Fsp3) is 0.578. The largest absolute Gasteiger partial charge is 0.462 e. The molecule has 1 atom stereocenters. The normalized spacial score (nSPS) is 13.1. The molecular formula is C45H70O6. The van der Waals surface area contributed by atoms with E-state index in [9.17, 15) is 14.4 Å². The number of carbonyl (C=O) groups excluding carboxylic acids is 3. The summed E-state index contributed by atoms with van der Waals surface area (Å²) in [6.07, 6.45) is 49.8. The number of carbonyl (C=O) groups is 3. The molecule has 0 rings (SSSR count). The molecule has 0 radical (unpaired) electrons. The number of allylic oxidation sites excluding steroid dienone is 16. The van der Waals surface area contributed by atoms with Crippen molar-refractivity contribution in [1.82, 2.24) is 0 Å². The fourth-order valence-corrected chi connectivity index (χ4v) is 4.70. The van der Waals surface area contributed by atoms with Gasteiger partial charge in [0.1, 0.15) is 13.2 Å². The molecule has 0 spiro atoms. The number of hydrogen-bond acceptors (Lipinski definition) is 6. The van der Waals surface area contributed by atoms with Crippen molar-refractivity contribution in [1.29, 1.82) is 0 Å². The highest BCUT2D eigenvalue weighted by atomic mass is 16.6. The lowest BCUT2D eigenvalue weighted by Gasteiger charge is -2.18. The molecule has 0 N–H and O–H groups in total. The number of ether oxygens (including phenoxy) is 3. The Morgan fingerprint density at radius 1 is 0.431 bits per heavy atom. The van der Waals surface area contributed by atoms with Gasteiger partial charge in [-0.2, -0.15) is 0 Å². The van der Waals surface area contributed by atoms with Crippen molar-refractivity contribution in [2.24, 2.45) is 0 Å². The van der Waals surface area contributed by atoms with Gasteiger partial charge in [-0.05, 0) is 83.5 Å². The maximum atomic E-state index is 12.6. The summed E-state index contributed by atoms with van der Waals surface area (Å²) in [5.74, 6) is -1.04. The molecule has 0 heterocycles. The van der Waals surface area contributed by atoms with Crippen molar-refractivity contribution in [3.63, 3.8) is 0 Å². The lowest BCUT2D eigenvalue weighted by Crippen LogP contribution is -2.30. The first-order valence-electron chi connectivity index (χ1n) is 19.8. The third-order valence-corrected chi connectivity index (χ3v) is 7.68. The molecule has 0 aliphatic rings. The van der Waals surface area contributed by atoms with E-state index < -0.39 is 6.10 Å². The Morgan fingerprint density at radius 3 is 1.43 bits per heavy atom. The van der Waals surface area contributed by atoms with Crippen LogP contribution in [0.5, 0.6) is 0 Å². The Morgan fingerprint density at radius 2 is 0.863 bits per heavy atom. The molecule has 0 aliphatic carbocycles. The molecule has 0 aromatic heterocycles. The predicted molar refractivity (Wildman–Crippen MR) is 214 cm³/mol. The molecule has 6 heteroatoms. The molecule has 0 aliphatic heterocycles. The minimum absolute atomic E-state index is 0.121. The molecular weight excluding hydrogens is 636 g/mol. The SMILES string of the molecule is CC\C=C/C=C\C=C/C=C\CCCCCC(=O)OCC(COC(=O)CCCC/C=C\C/C=C\CC)OC(=O)CCCCC/C=C\C=C/CCCC. The van der Waals surface area contributed by atoms with Gasteiger partial charge in [0.25, 0.3) is 0 Å². The maximum Gasteiger partial charge on any atom is 0.306 e. The first-order valence-corrected chi connectivity index (χ1v) is 19.8. The van der Waals surface area contributed by atoms with Crippen LogP contribution in [0.3, 0.4) is 0 Å². The van der Waals surface area contributed by atoms with Gasteiger partial charge in [0, 0.05) is 19.3 Å². The van der Waals surface area contributed by atoms with Crippen molar-refractivity contribution in [2.75, 3.05) is 13.2 Å². The average molecular weight is 707 g/mol. The highest BCUT2D eigenvalue weighted by Crippen LogP contribution is 2.10. The molecule has 0 saturated carbocycles. The molecule has 0 fully saturated rings. The van der Waals surface area contributed by atoms with Crippen LogP contribution in [0.1, 0.15) is 149 Å². The van der Waals surface area contributed by atoms with Crippen LogP contribution in [0.2, 0.25) is 0 Å². The Kier molecular flexibility index (Phi) is 36.3. The first kappa shape index (κ1) is 47.3. The van der Waals surface area contributed by atoms with E-state index in [1.807, 2.05) is 36.5 Å². The van der Waals surface area contributed by atoms with E-state index in [1.54, 1.807) is 0 Å². The topological polar surface area (TPSA) is 78.9 Å². The summed E-state index contributed by atoms with van der Waals surface area (Å²) in [6, 6.07) is 0. The fourth-order valence-electron chi connectivity index (χ4n) is 4.70. The van der Waals surface area contributed by atoms with Crippen LogP contribution in [-0.2, 0) is 28.6 Å². The molecule has 0 amide bonds. The minimum Gasteiger partial charge on any atom is -0.462 e. The number of rotatable bonds is 33. The van der Waals surface area contributed by atoms with Gasteiger partial charge in [0.15, 0.2) is 6.10 Å². The zero-order valence-electron chi connectivity index (χ0n) is 32.3. The molecule has 6 nitrogen and oxygen atoms in total. The summed E-state index contributed by atoms with van der Waals surface area (Å²) in [5, 5.41) is 0. The predicted octanol–water partition coefficient (Wildman–Crippen LogP) is 12.3. The lowest BCUT2D eigenvalue weighted by atomic mass is 10.1. The molecule has 0 saturated heterocycles. The second kappa shape index (κ2) is 39.1. The maximum absolute atomic E-state index is 12.6. The number of esters is 3. The molecule has 0 bridgehead atoms. The molecule has 51 heavy (non-hydrogen) atoms. The zero-order valence-corrected chi connectivity index (χ0v) is 32.3. The van der Waals surface area contributed by atoms with Crippen molar-refractivity contribution < 1.29 is 28.6 Å². The van der Waals surface area contributed by atoms with E-state index in [1.165, 1.54) is 12.8 Å². The Labute approximate surface area is 311 Å². The molecule has 1 unspecified atom stereocenters. The van der Waals surface area contributed by atoms with Crippen molar-refractivity contribution in [3.05, 3.63) is 97.2 Å². The van der Waals surface area contributed by atoms with Gasteiger partial charge in [-0.15, -0.1) is 0 Å². The third kappa shape index (κ3) is 37.4. The summed E-state index contributed by atoms with van der Waals surface area (Å²) in [7, 11) is 0. The third-order valence-electron chi connectivity index (χ3n) is 7.68. The highest BCUT2D eigenvalue weighted by Gasteiger charge is 2.19. The van der Waals surface area contributed by atoms with E-state index in [-0.39, 0.29) is 37.5 Å². The van der Waals surface area contributed by atoms with E-state index in [0.717, 1.165) is 89.9 Å². The van der Waals surface area contributed by atoms with Gasteiger partial charge >= 0.3 is 17.9 Å². The van der Waals surface area contributed by atoms with Gasteiger partial charge < -0.3 is 14.2 Å². The minimum atomic E-state index is -0.817. The van der Waals surface area contributed by atoms with Crippen LogP contribution < -0.4 is 0 Å². The van der Waals surface area contributed by atoms with Gasteiger partial charge in [-0.3, -0.25) is 14.4 Å². The molecule has 0 aromatic carbocycles. The van der Waals surface area contributed by atoms with Gasteiger partial charge in [-0.25, -0.2) is 0 Å². The summed E-state index contributed by atoms with van der Waals surface area (Å²) in [6.45, 7) is 6.17. The summed E-state index contributed by atoms with van der Waals surface area (Å²) in [4.78, 5) is 37.4. The summed E-state index contributed by atoms with van der Waals surface area (Å²) in [5.41, 5.74) is 0. The molecule has 0 aromatic rings. The van der Waals surface area contributed by atoms with E-state index in [2.05, 4.69) is 81.5 Å². The van der Waals surface area contributed by atoms with Crippen molar-refractivity contribution >= 4 is 17.9 Å². The summed E-state index contributed by atoms with van der Waals surface area (Å²) >= 11 is 0. The summed E-state index contributed by atoms with van der Waals surface area (Å²) < 4.78 is 16.5. The van der Waals surface area contributed by atoms with Crippen LogP contribution in [-0.4, -0.2) is 37.2 Å². The standard InChI is InChI=1S/C45H70O6/c1-4-7-10-13-16-19-21-22-24-26-29-32-35-38-44(47)50-41-42(40-49-43(46)37-34-31-28-25-18-15-12-9-6-3)51-45(48)39-36-33-30-27-23-20-17-14-11-8-5-2/h7,9-10,12-14,16-25,42H,4-6,8,11,15,26-41H2,1-3H3/b10-7-,12-9-,16-13-,17-14-,21-19-,23-20-,24-22-,25-18-. The van der Waals surface area contributed by atoms with Crippen LogP contribution in [0.4, 0.5) is 0 Å². The van der Waals surface area contributed by atoms with Crippen molar-refractivity contribution in [2.45, 2.75) is 155 Å². The van der Waals surface area contributed by atoms with Gasteiger partial charge in [-0.1, -0.05) is 144 Å². The Balaban J connectivity index is 4.56. The second-order valence-corrected chi connectivity index (χ2v) is 12.5.